The molecule has 2 aromatic carbocycles. The third-order valence-corrected chi connectivity index (χ3v) is 4.50. The summed E-state index contributed by atoms with van der Waals surface area (Å²) in [4.78, 5) is 12.5. The summed E-state index contributed by atoms with van der Waals surface area (Å²) in [5.74, 6) is 1.45. The third kappa shape index (κ3) is 4.26. The zero-order chi connectivity index (χ0) is 18.0. The number of carbonyl (C=O) groups excluding carboxylic acids is 1. The second kappa shape index (κ2) is 6.96. The number of fused-ring (bicyclic) bond motifs is 1. The maximum atomic E-state index is 12.5. The van der Waals surface area contributed by atoms with Crippen LogP contribution in [-0.4, -0.2) is 18.6 Å². The minimum absolute atomic E-state index is 0.0354. The molecule has 0 aromatic heterocycles. The summed E-state index contributed by atoms with van der Waals surface area (Å²) in [5.41, 5.74) is 1.50. The quantitative estimate of drug-likeness (QED) is 0.884. The van der Waals surface area contributed by atoms with Gasteiger partial charge in [-0.15, -0.1) is 0 Å². The van der Waals surface area contributed by atoms with Gasteiger partial charge in [-0.1, -0.05) is 23.7 Å². The Morgan fingerprint density at radius 1 is 1.32 bits per heavy atom. The molecule has 4 nitrogen and oxygen atoms in total. The summed E-state index contributed by atoms with van der Waals surface area (Å²) >= 11 is 5.99. The Balaban J connectivity index is 1.79. The summed E-state index contributed by atoms with van der Waals surface area (Å²) in [6.45, 7) is 4.04. The molecule has 1 aliphatic heterocycles. The van der Waals surface area contributed by atoms with Gasteiger partial charge in [-0.05, 0) is 43.7 Å². The fourth-order valence-corrected chi connectivity index (χ4v) is 3.38. The van der Waals surface area contributed by atoms with Crippen LogP contribution in [0.25, 0.3) is 0 Å². The highest BCUT2D eigenvalue weighted by atomic mass is 35.5. The van der Waals surface area contributed by atoms with E-state index in [1.54, 1.807) is 13.2 Å². The Bertz CT molecular complexity index is 788. The standard InChI is InChI=1S/C20H22ClNO3/c1-20(2)12-17(16-8-7-15(24-3)11-18(16)25-20)22-19(23)10-13-5-4-6-14(21)9-13/h4-9,11,17H,10,12H2,1-3H3,(H,22,23)/t17-/m1/s1. The first-order chi connectivity index (χ1) is 11.9. The summed E-state index contributed by atoms with van der Waals surface area (Å²) < 4.78 is 11.3. The molecular formula is C20H22ClNO3. The zero-order valence-electron chi connectivity index (χ0n) is 14.6. The van der Waals surface area contributed by atoms with Crippen molar-refractivity contribution in [2.24, 2.45) is 0 Å². The molecule has 5 heteroatoms. The number of hydrogen-bond donors (Lipinski definition) is 1. The number of benzene rings is 2. The summed E-state index contributed by atoms with van der Waals surface area (Å²) in [5, 5.41) is 3.77. The molecule has 132 valence electrons. The van der Waals surface area contributed by atoms with Gasteiger partial charge in [0, 0.05) is 23.1 Å². The molecule has 1 heterocycles. The van der Waals surface area contributed by atoms with Crippen molar-refractivity contribution in [2.75, 3.05) is 7.11 Å². The molecule has 0 saturated carbocycles. The lowest BCUT2D eigenvalue weighted by atomic mass is 9.89. The van der Waals surface area contributed by atoms with E-state index in [1.807, 2.05) is 50.2 Å². The van der Waals surface area contributed by atoms with E-state index in [4.69, 9.17) is 21.1 Å². The van der Waals surface area contributed by atoms with Crippen LogP contribution in [0.4, 0.5) is 0 Å². The lowest BCUT2D eigenvalue weighted by Crippen LogP contribution is -2.41. The molecule has 3 rings (SSSR count). The van der Waals surface area contributed by atoms with Crippen molar-refractivity contribution in [3.8, 4) is 11.5 Å². The normalized spacial score (nSPS) is 18.0. The molecule has 0 aliphatic carbocycles. The summed E-state index contributed by atoms with van der Waals surface area (Å²) in [6.07, 6.45) is 0.997. The minimum Gasteiger partial charge on any atom is -0.497 e. The molecule has 1 atom stereocenters. The van der Waals surface area contributed by atoms with E-state index < -0.39 is 0 Å². The van der Waals surface area contributed by atoms with Gasteiger partial charge in [0.25, 0.3) is 0 Å². The molecular weight excluding hydrogens is 338 g/mol. The van der Waals surface area contributed by atoms with Gasteiger partial charge in [-0.25, -0.2) is 0 Å². The number of halogens is 1. The lowest BCUT2D eigenvalue weighted by molar-refractivity contribution is -0.121. The smallest absolute Gasteiger partial charge is 0.224 e. The highest BCUT2D eigenvalue weighted by molar-refractivity contribution is 6.30. The van der Waals surface area contributed by atoms with E-state index in [2.05, 4.69) is 5.32 Å². The second-order valence-corrected chi connectivity index (χ2v) is 7.33. The zero-order valence-corrected chi connectivity index (χ0v) is 15.4. The van der Waals surface area contributed by atoms with E-state index in [-0.39, 0.29) is 17.6 Å². The van der Waals surface area contributed by atoms with Crippen molar-refractivity contribution in [2.45, 2.75) is 38.3 Å². The average Bonchev–Trinajstić information content (AvgIpc) is 2.53. The molecule has 0 saturated heterocycles. The van der Waals surface area contributed by atoms with Gasteiger partial charge in [0.15, 0.2) is 0 Å². The Morgan fingerprint density at radius 2 is 2.12 bits per heavy atom. The summed E-state index contributed by atoms with van der Waals surface area (Å²) in [6, 6.07) is 13.0. The van der Waals surface area contributed by atoms with Crippen LogP contribution in [0.3, 0.4) is 0 Å². The van der Waals surface area contributed by atoms with Crippen molar-refractivity contribution < 1.29 is 14.3 Å². The molecule has 25 heavy (non-hydrogen) atoms. The third-order valence-electron chi connectivity index (χ3n) is 4.27. The van der Waals surface area contributed by atoms with E-state index in [9.17, 15) is 4.79 Å². The van der Waals surface area contributed by atoms with Crippen LogP contribution in [0.1, 0.15) is 37.4 Å². The topological polar surface area (TPSA) is 47.6 Å². The number of ether oxygens (including phenoxy) is 2. The molecule has 0 bridgehead atoms. The van der Waals surface area contributed by atoms with Gasteiger partial charge < -0.3 is 14.8 Å². The SMILES string of the molecule is COc1ccc2c(c1)OC(C)(C)C[C@H]2NC(=O)Cc1cccc(Cl)c1. The van der Waals surface area contributed by atoms with Crippen LogP contribution in [0, 0.1) is 0 Å². The molecule has 0 unspecified atom stereocenters. The first-order valence-electron chi connectivity index (χ1n) is 8.27. The molecule has 0 radical (unpaired) electrons. The Labute approximate surface area is 153 Å². The highest BCUT2D eigenvalue weighted by Gasteiger charge is 2.34. The van der Waals surface area contributed by atoms with Gasteiger partial charge >= 0.3 is 0 Å². The minimum atomic E-state index is -0.368. The fraction of sp³-hybridized carbons (Fsp3) is 0.350. The van der Waals surface area contributed by atoms with Crippen molar-refractivity contribution in [1.29, 1.82) is 0 Å². The van der Waals surface area contributed by atoms with Crippen molar-refractivity contribution in [3.63, 3.8) is 0 Å². The molecule has 1 N–H and O–H groups in total. The van der Waals surface area contributed by atoms with E-state index in [0.717, 1.165) is 22.6 Å². The predicted octanol–water partition coefficient (Wildman–Crippen LogP) is 4.31. The monoisotopic (exact) mass is 359 g/mol. The number of rotatable bonds is 4. The van der Waals surface area contributed by atoms with Gasteiger partial charge in [0.1, 0.15) is 17.1 Å². The van der Waals surface area contributed by atoms with Crippen LogP contribution in [0.2, 0.25) is 5.02 Å². The van der Waals surface area contributed by atoms with Crippen molar-refractivity contribution >= 4 is 17.5 Å². The predicted molar refractivity (Wildman–Crippen MR) is 98.4 cm³/mol. The number of amides is 1. The second-order valence-electron chi connectivity index (χ2n) is 6.90. The van der Waals surface area contributed by atoms with Crippen LogP contribution < -0.4 is 14.8 Å². The van der Waals surface area contributed by atoms with E-state index in [0.29, 0.717) is 17.9 Å². The molecule has 2 aromatic rings. The van der Waals surface area contributed by atoms with Crippen molar-refractivity contribution in [1.82, 2.24) is 5.32 Å². The first kappa shape index (κ1) is 17.6. The largest absolute Gasteiger partial charge is 0.497 e. The lowest BCUT2D eigenvalue weighted by Gasteiger charge is -2.38. The van der Waals surface area contributed by atoms with Crippen LogP contribution in [0.15, 0.2) is 42.5 Å². The maximum Gasteiger partial charge on any atom is 0.224 e. The van der Waals surface area contributed by atoms with Crippen LogP contribution >= 0.6 is 11.6 Å². The average molecular weight is 360 g/mol. The molecule has 0 spiro atoms. The van der Waals surface area contributed by atoms with Gasteiger partial charge in [-0.2, -0.15) is 0 Å². The fourth-order valence-electron chi connectivity index (χ4n) is 3.17. The number of hydrogen-bond acceptors (Lipinski definition) is 3. The van der Waals surface area contributed by atoms with Gasteiger partial charge in [-0.3, -0.25) is 4.79 Å². The highest BCUT2D eigenvalue weighted by Crippen LogP contribution is 2.41. The summed E-state index contributed by atoms with van der Waals surface area (Å²) in [7, 11) is 1.62. The van der Waals surface area contributed by atoms with Gasteiger partial charge in [0.05, 0.1) is 19.6 Å². The van der Waals surface area contributed by atoms with Crippen LogP contribution in [-0.2, 0) is 11.2 Å². The first-order valence-corrected chi connectivity index (χ1v) is 8.65. The Morgan fingerprint density at radius 3 is 2.84 bits per heavy atom. The number of methoxy groups -OCH3 is 1. The number of nitrogens with one attached hydrogen (secondary N) is 1. The molecule has 1 amide bonds. The Hall–Kier alpha value is -2.20. The van der Waals surface area contributed by atoms with Crippen LogP contribution in [0.5, 0.6) is 11.5 Å². The molecule has 0 fully saturated rings. The van der Waals surface area contributed by atoms with E-state index >= 15 is 0 Å². The van der Waals surface area contributed by atoms with Crippen molar-refractivity contribution in [3.05, 3.63) is 58.6 Å². The number of carbonyl (C=O) groups is 1. The maximum absolute atomic E-state index is 12.5. The Kier molecular flexibility index (Phi) is 4.91. The van der Waals surface area contributed by atoms with Gasteiger partial charge in [0.2, 0.25) is 5.91 Å². The molecule has 1 aliphatic rings. The van der Waals surface area contributed by atoms with E-state index in [1.165, 1.54) is 0 Å².